The number of hydrogen-bond donors (Lipinski definition) is 1. The van der Waals surface area contributed by atoms with E-state index >= 15 is 0 Å². The SMILES string of the molecule is CCNC1CCCC1CN(C)C(C)c1cccc(Cl)c1. The van der Waals surface area contributed by atoms with Crippen molar-refractivity contribution in [3.63, 3.8) is 0 Å². The van der Waals surface area contributed by atoms with Crippen molar-refractivity contribution >= 4 is 11.6 Å². The summed E-state index contributed by atoms with van der Waals surface area (Å²) in [4.78, 5) is 2.46. The predicted octanol–water partition coefficient (Wildman–Crippen LogP) is 4.11. The van der Waals surface area contributed by atoms with E-state index < -0.39 is 0 Å². The zero-order chi connectivity index (χ0) is 14.5. The number of rotatable bonds is 6. The molecule has 20 heavy (non-hydrogen) atoms. The van der Waals surface area contributed by atoms with Crippen LogP contribution in [0, 0.1) is 5.92 Å². The fraction of sp³-hybridized carbons (Fsp3) is 0.647. The Morgan fingerprint density at radius 3 is 2.90 bits per heavy atom. The molecule has 3 atom stereocenters. The van der Waals surface area contributed by atoms with Crippen LogP contribution in [0.15, 0.2) is 24.3 Å². The monoisotopic (exact) mass is 294 g/mol. The maximum atomic E-state index is 6.10. The first kappa shape index (κ1) is 15.8. The first-order chi connectivity index (χ1) is 9.61. The first-order valence-corrected chi connectivity index (χ1v) is 8.18. The number of hydrogen-bond acceptors (Lipinski definition) is 2. The lowest BCUT2D eigenvalue weighted by Gasteiger charge is -2.30. The molecule has 2 rings (SSSR count). The van der Waals surface area contributed by atoms with E-state index in [0.717, 1.165) is 24.0 Å². The van der Waals surface area contributed by atoms with Gasteiger partial charge in [-0.1, -0.05) is 37.1 Å². The molecule has 1 aliphatic rings. The van der Waals surface area contributed by atoms with Crippen LogP contribution in [0.5, 0.6) is 0 Å². The third-order valence-electron chi connectivity index (χ3n) is 4.64. The molecule has 1 saturated carbocycles. The van der Waals surface area contributed by atoms with Gasteiger partial charge in [-0.2, -0.15) is 0 Å². The van der Waals surface area contributed by atoms with Gasteiger partial charge in [-0.3, -0.25) is 4.90 Å². The Balaban J connectivity index is 1.95. The highest BCUT2D eigenvalue weighted by Crippen LogP contribution is 2.29. The van der Waals surface area contributed by atoms with Crippen LogP contribution in [-0.2, 0) is 0 Å². The van der Waals surface area contributed by atoms with Crippen LogP contribution in [0.3, 0.4) is 0 Å². The molecule has 0 aromatic heterocycles. The Morgan fingerprint density at radius 1 is 1.40 bits per heavy atom. The Bertz CT molecular complexity index is 421. The van der Waals surface area contributed by atoms with Gasteiger partial charge in [-0.15, -0.1) is 0 Å². The molecule has 0 spiro atoms. The largest absolute Gasteiger partial charge is 0.314 e. The third-order valence-corrected chi connectivity index (χ3v) is 4.88. The van der Waals surface area contributed by atoms with Crippen molar-refractivity contribution in [2.75, 3.05) is 20.1 Å². The van der Waals surface area contributed by atoms with Gasteiger partial charge in [-0.05, 0) is 57.0 Å². The van der Waals surface area contributed by atoms with Crippen molar-refractivity contribution in [3.05, 3.63) is 34.9 Å². The summed E-state index contributed by atoms with van der Waals surface area (Å²) in [5, 5.41) is 4.47. The molecule has 1 aromatic carbocycles. The highest BCUT2D eigenvalue weighted by molar-refractivity contribution is 6.30. The van der Waals surface area contributed by atoms with Crippen molar-refractivity contribution < 1.29 is 0 Å². The first-order valence-electron chi connectivity index (χ1n) is 7.81. The van der Waals surface area contributed by atoms with E-state index in [9.17, 15) is 0 Å². The molecule has 0 radical (unpaired) electrons. The number of nitrogens with one attached hydrogen (secondary N) is 1. The number of halogens is 1. The van der Waals surface area contributed by atoms with E-state index in [1.807, 2.05) is 12.1 Å². The molecule has 1 aromatic rings. The highest BCUT2D eigenvalue weighted by atomic mass is 35.5. The van der Waals surface area contributed by atoms with Crippen LogP contribution in [0.1, 0.15) is 44.7 Å². The van der Waals surface area contributed by atoms with Gasteiger partial charge < -0.3 is 5.32 Å². The van der Waals surface area contributed by atoms with Crippen LogP contribution in [-0.4, -0.2) is 31.1 Å². The fourth-order valence-corrected chi connectivity index (χ4v) is 3.53. The lowest BCUT2D eigenvalue weighted by molar-refractivity contribution is 0.204. The quantitative estimate of drug-likeness (QED) is 0.849. The molecule has 0 bridgehead atoms. The smallest absolute Gasteiger partial charge is 0.0409 e. The summed E-state index contributed by atoms with van der Waals surface area (Å²) < 4.78 is 0. The van der Waals surface area contributed by atoms with Crippen LogP contribution >= 0.6 is 11.6 Å². The summed E-state index contributed by atoms with van der Waals surface area (Å²) in [7, 11) is 2.23. The Morgan fingerprint density at radius 2 is 2.20 bits per heavy atom. The molecule has 3 unspecified atom stereocenters. The van der Waals surface area contributed by atoms with Gasteiger partial charge in [0.2, 0.25) is 0 Å². The molecular weight excluding hydrogens is 268 g/mol. The van der Waals surface area contributed by atoms with E-state index in [0.29, 0.717) is 12.1 Å². The standard InChI is InChI=1S/C17H27ClN2/c1-4-19-17-10-6-8-15(17)12-20(3)13(2)14-7-5-9-16(18)11-14/h5,7,9,11,13,15,17,19H,4,6,8,10,12H2,1-3H3. The van der Waals surface area contributed by atoms with Crippen molar-refractivity contribution in [2.24, 2.45) is 5.92 Å². The zero-order valence-corrected chi connectivity index (χ0v) is 13.7. The van der Waals surface area contributed by atoms with Crippen molar-refractivity contribution in [1.82, 2.24) is 10.2 Å². The van der Waals surface area contributed by atoms with Crippen molar-refractivity contribution in [2.45, 2.75) is 45.2 Å². The lowest BCUT2D eigenvalue weighted by Crippen LogP contribution is -2.38. The third kappa shape index (κ3) is 3.97. The average molecular weight is 295 g/mol. The molecule has 1 N–H and O–H groups in total. The highest BCUT2D eigenvalue weighted by Gasteiger charge is 2.28. The van der Waals surface area contributed by atoms with Gasteiger partial charge in [0.1, 0.15) is 0 Å². The van der Waals surface area contributed by atoms with Crippen molar-refractivity contribution in [3.8, 4) is 0 Å². The van der Waals surface area contributed by atoms with Gasteiger partial charge in [0.25, 0.3) is 0 Å². The maximum absolute atomic E-state index is 6.10. The molecular formula is C17H27ClN2. The average Bonchev–Trinajstić information content (AvgIpc) is 2.85. The minimum atomic E-state index is 0.413. The van der Waals surface area contributed by atoms with Gasteiger partial charge in [0.05, 0.1) is 0 Å². The van der Waals surface area contributed by atoms with E-state index in [4.69, 9.17) is 11.6 Å². The Hall–Kier alpha value is -0.570. The summed E-state index contributed by atoms with van der Waals surface area (Å²) in [5.74, 6) is 0.779. The minimum absolute atomic E-state index is 0.413. The molecule has 0 heterocycles. The zero-order valence-electron chi connectivity index (χ0n) is 12.9. The van der Waals surface area contributed by atoms with E-state index in [1.165, 1.54) is 24.8 Å². The van der Waals surface area contributed by atoms with E-state index in [2.05, 4.69) is 43.2 Å². The predicted molar refractivity (Wildman–Crippen MR) is 87.3 cm³/mol. The van der Waals surface area contributed by atoms with Gasteiger partial charge >= 0.3 is 0 Å². The Labute approximate surface area is 128 Å². The van der Waals surface area contributed by atoms with Crippen LogP contribution in [0.2, 0.25) is 5.02 Å². The van der Waals surface area contributed by atoms with Crippen LogP contribution in [0.4, 0.5) is 0 Å². The van der Waals surface area contributed by atoms with Crippen LogP contribution < -0.4 is 5.32 Å². The van der Waals surface area contributed by atoms with Crippen molar-refractivity contribution in [1.29, 1.82) is 0 Å². The summed E-state index contributed by atoms with van der Waals surface area (Å²) in [6.07, 6.45) is 4.05. The second-order valence-electron chi connectivity index (χ2n) is 6.03. The molecule has 1 aliphatic carbocycles. The maximum Gasteiger partial charge on any atom is 0.0409 e. The number of benzene rings is 1. The Kier molecular flexibility index (Phi) is 5.88. The molecule has 3 heteroatoms. The van der Waals surface area contributed by atoms with Crippen LogP contribution in [0.25, 0.3) is 0 Å². The normalized spacial score (nSPS) is 24.2. The molecule has 0 amide bonds. The van der Waals surface area contributed by atoms with Gasteiger partial charge in [0, 0.05) is 23.7 Å². The molecule has 1 fully saturated rings. The summed E-state index contributed by atoms with van der Waals surface area (Å²) in [6, 6.07) is 9.35. The van der Waals surface area contributed by atoms with E-state index in [1.54, 1.807) is 0 Å². The fourth-order valence-electron chi connectivity index (χ4n) is 3.34. The summed E-state index contributed by atoms with van der Waals surface area (Å²) >= 11 is 6.10. The topological polar surface area (TPSA) is 15.3 Å². The van der Waals surface area contributed by atoms with E-state index in [-0.39, 0.29) is 0 Å². The second kappa shape index (κ2) is 7.44. The molecule has 2 nitrogen and oxygen atoms in total. The molecule has 112 valence electrons. The lowest BCUT2D eigenvalue weighted by atomic mass is 10.0. The number of nitrogens with zero attached hydrogens (tertiary/aromatic N) is 1. The van der Waals surface area contributed by atoms with Gasteiger partial charge in [0.15, 0.2) is 0 Å². The van der Waals surface area contributed by atoms with Gasteiger partial charge in [-0.25, -0.2) is 0 Å². The molecule has 0 saturated heterocycles. The summed E-state index contributed by atoms with van der Waals surface area (Å²) in [5.41, 5.74) is 1.30. The summed E-state index contributed by atoms with van der Waals surface area (Å²) in [6.45, 7) is 6.70. The molecule has 0 aliphatic heterocycles. The minimum Gasteiger partial charge on any atom is -0.314 e. The second-order valence-corrected chi connectivity index (χ2v) is 6.46.